The zero-order chi connectivity index (χ0) is 12.7. The molecule has 2 nitrogen and oxygen atoms in total. The quantitative estimate of drug-likeness (QED) is 0.652. The Labute approximate surface area is 118 Å². The first-order valence-corrected chi connectivity index (χ1v) is 6.81. The van der Waals surface area contributed by atoms with Gasteiger partial charge in [0.05, 0.1) is 10.2 Å². The van der Waals surface area contributed by atoms with Crippen LogP contribution in [0.25, 0.3) is 20.8 Å². The monoisotopic (exact) mass is 294 g/mol. The average molecular weight is 295 g/mol. The van der Waals surface area contributed by atoms with Gasteiger partial charge in [-0.3, -0.25) is 0 Å². The molecule has 18 heavy (non-hydrogen) atoms. The standard InChI is InChI=1S/C13H8Cl2N2S/c14-8-1-2-12-11(6-8)17-13(18-12)7-3-9(15)5-10(16)4-7/h1-6H,16H2. The summed E-state index contributed by atoms with van der Waals surface area (Å²) in [5, 5.41) is 2.19. The summed E-state index contributed by atoms with van der Waals surface area (Å²) in [5.41, 5.74) is 8.24. The number of rotatable bonds is 1. The van der Waals surface area contributed by atoms with Gasteiger partial charge in [0.15, 0.2) is 0 Å². The average Bonchev–Trinajstić information content (AvgIpc) is 2.70. The van der Waals surface area contributed by atoms with Crippen LogP contribution >= 0.6 is 34.5 Å². The minimum Gasteiger partial charge on any atom is -0.399 e. The third-order valence-corrected chi connectivity index (χ3v) is 4.06. The maximum Gasteiger partial charge on any atom is 0.124 e. The van der Waals surface area contributed by atoms with Crippen LogP contribution < -0.4 is 5.73 Å². The van der Waals surface area contributed by atoms with Crippen LogP contribution in [0.1, 0.15) is 0 Å². The first-order valence-electron chi connectivity index (χ1n) is 5.24. The lowest BCUT2D eigenvalue weighted by atomic mass is 10.2. The van der Waals surface area contributed by atoms with Gasteiger partial charge >= 0.3 is 0 Å². The molecule has 0 atom stereocenters. The van der Waals surface area contributed by atoms with Crippen molar-refractivity contribution in [1.29, 1.82) is 0 Å². The number of aromatic nitrogens is 1. The minimum atomic E-state index is 0.613. The zero-order valence-electron chi connectivity index (χ0n) is 9.15. The Balaban J connectivity index is 2.19. The molecule has 1 aromatic heterocycles. The summed E-state index contributed by atoms with van der Waals surface area (Å²) in [6.45, 7) is 0. The Morgan fingerprint density at radius 2 is 1.83 bits per heavy atom. The number of anilines is 1. The predicted octanol–water partition coefficient (Wildman–Crippen LogP) is 4.85. The summed E-state index contributed by atoms with van der Waals surface area (Å²) < 4.78 is 1.09. The molecule has 0 aliphatic heterocycles. The molecule has 3 aromatic rings. The highest BCUT2D eigenvalue weighted by molar-refractivity contribution is 7.21. The summed E-state index contributed by atoms with van der Waals surface area (Å²) >= 11 is 13.5. The normalized spacial score (nSPS) is 11.0. The molecule has 3 rings (SSSR count). The van der Waals surface area contributed by atoms with E-state index in [9.17, 15) is 0 Å². The maximum absolute atomic E-state index is 6.00. The molecule has 0 spiro atoms. The van der Waals surface area contributed by atoms with Crippen molar-refractivity contribution in [3.63, 3.8) is 0 Å². The van der Waals surface area contributed by atoms with Crippen LogP contribution in [-0.2, 0) is 0 Å². The lowest BCUT2D eigenvalue weighted by Crippen LogP contribution is -1.85. The summed E-state index contributed by atoms with van der Waals surface area (Å²) in [7, 11) is 0. The summed E-state index contributed by atoms with van der Waals surface area (Å²) in [6.07, 6.45) is 0. The molecule has 1 heterocycles. The van der Waals surface area contributed by atoms with Crippen LogP contribution in [-0.4, -0.2) is 4.98 Å². The number of benzene rings is 2. The molecule has 0 unspecified atom stereocenters. The van der Waals surface area contributed by atoms with Gasteiger partial charge < -0.3 is 5.73 Å². The third kappa shape index (κ3) is 2.17. The van der Waals surface area contributed by atoms with Gasteiger partial charge in [-0.2, -0.15) is 0 Å². The highest BCUT2D eigenvalue weighted by atomic mass is 35.5. The van der Waals surface area contributed by atoms with Crippen molar-refractivity contribution >= 4 is 50.4 Å². The van der Waals surface area contributed by atoms with Gasteiger partial charge in [0.2, 0.25) is 0 Å². The van der Waals surface area contributed by atoms with E-state index in [-0.39, 0.29) is 0 Å². The number of nitrogen functional groups attached to an aromatic ring is 1. The number of halogens is 2. The molecule has 0 radical (unpaired) electrons. The van der Waals surface area contributed by atoms with Crippen molar-refractivity contribution in [2.24, 2.45) is 0 Å². The Bertz CT molecular complexity index is 717. The van der Waals surface area contributed by atoms with Crippen molar-refractivity contribution in [2.45, 2.75) is 0 Å². The van der Waals surface area contributed by atoms with Gasteiger partial charge in [-0.15, -0.1) is 11.3 Å². The lowest BCUT2D eigenvalue weighted by Gasteiger charge is -1.99. The molecule has 0 aliphatic carbocycles. The van der Waals surface area contributed by atoms with Crippen LogP contribution in [0.4, 0.5) is 5.69 Å². The number of hydrogen-bond donors (Lipinski definition) is 1. The fourth-order valence-electron chi connectivity index (χ4n) is 1.76. The van der Waals surface area contributed by atoms with Gasteiger partial charge in [0.25, 0.3) is 0 Å². The molecule has 0 bridgehead atoms. The smallest absolute Gasteiger partial charge is 0.124 e. The highest BCUT2D eigenvalue weighted by Gasteiger charge is 2.08. The third-order valence-electron chi connectivity index (χ3n) is 2.52. The van der Waals surface area contributed by atoms with E-state index >= 15 is 0 Å². The van der Waals surface area contributed by atoms with Gasteiger partial charge in [0, 0.05) is 21.3 Å². The van der Waals surface area contributed by atoms with Crippen LogP contribution in [0, 0.1) is 0 Å². The Hall–Kier alpha value is -1.29. The molecule has 5 heteroatoms. The fourth-order valence-corrected chi connectivity index (χ4v) is 3.10. The largest absolute Gasteiger partial charge is 0.399 e. The predicted molar refractivity (Wildman–Crippen MR) is 79.5 cm³/mol. The second-order valence-corrected chi connectivity index (χ2v) is 5.81. The SMILES string of the molecule is Nc1cc(Cl)cc(-c2nc3cc(Cl)ccc3s2)c1. The molecule has 0 amide bonds. The lowest BCUT2D eigenvalue weighted by molar-refractivity contribution is 1.48. The van der Waals surface area contributed by atoms with E-state index in [0.717, 1.165) is 20.8 Å². The molecular weight excluding hydrogens is 287 g/mol. The summed E-state index contributed by atoms with van der Waals surface area (Å²) in [6, 6.07) is 11.1. The molecule has 0 fully saturated rings. The van der Waals surface area contributed by atoms with E-state index in [2.05, 4.69) is 4.98 Å². The first kappa shape index (κ1) is 11.8. The number of thiazole rings is 1. The number of nitrogens with zero attached hydrogens (tertiary/aromatic N) is 1. The van der Waals surface area contributed by atoms with Crippen LogP contribution in [0.3, 0.4) is 0 Å². The van der Waals surface area contributed by atoms with E-state index in [0.29, 0.717) is 15.7 Å². The van der Waals surface area contributed by atoms with E-state index in [1.807, 2.05) is 30.3 Å². The summed E-state index contributed by atoms with van der Waals surface area (Å²) in [5.74, 6) is 0. The van der Waals surface area contributed by atoms with E-state index in [1.54, 1.807) is 17.4 Å². The zero-order valence-corrected chi connectivity index (χ0v) is 11.5. The van der Waals surface area contributed by atoms with Crippen molar-refractivity contribution < 1.29 is 0 Å². The Kier molecular flexibility index (Phi) is 2.90. The van der Waals surface area contributed by atoms with Crippen molar-refractivity contribution in [3.8, 4) is 10.6 Å². The molecular formula is C13H8Cl2N2S. The molecule has 0 aliphatic rings. The molecule has 0 saturated heterocycles. The molecule has 90 valence electrons. The van der Waals surface area contributed by atoms with Crippen LogP contribution in [0.2, 0.25) is 10.0 Å². The van der Waals surface area contributed by atoms with Gasteiger partial charge in [-0.05, 0) is 36.4 Å². The molecule has 2 aromatic carbocycles. The highest BCUT2D eigenvalue weighted by Crippen LogP contribution is 2.33. The Morgan fingerprint density at radius 1 is 1.00 bits per heavy atom. The minimum absolute atomic E-state index is 0.613. The number of hydrogen-bond acceptors (Lipinski definition) is 3. The van der Waals surface area contributed by atoms with Gasteiger partial charge in [-0.1, -0.05) is 23.2 Å². The molecule has 2 N–H and O–H groups in total. The summed E-state index contributed by atoms with van der Waals surface area (Å²) in [4.78, 5) is 4.55. The molecule has 0 saturated carbocycles. The van der Waals surface area contributed by atoms with E-state index in [1.165, 1.54) is 0 Å². The van der Waals surface area contributed by atoms with Crippen LogP contribution in [0.15, 0.2) is 36.4 Å². The van der Waals surface area contributed by atoms with Crippen LogP contribution in [0.5, 0.6) is 0 Å². The van der Waals surface area contributed by atoms with Gasteiger partial charge in [-0.25, -0.2) is 4.98 Å². The fraction of sp³-hybridized carbons (Fsp3) is 0. The van der Waals surface area contributed by atoms with E-state index < -0.39 is 0 Å². The van der Waals surface area contributed by atoms with Crippen molar-refractivity contribution in [2.75, 3.05) is 5.73 Å². The topological polar surface area (TPSA) is 38.9 Å². The van der Waals surface area contributed by atoms with E-state index in [4.69, 9.17) is 28.9 Å². The first-order chi connectivity index (χ1) is 8.61. The Morgan fingerprint density at radius 3 is 2.61 bits per heavy atom. The second-order valence-electron chi connectivity index (χ2n) is 3.90. The van der Waals surface area contributed by atoms with Gasteiger partial charge in [0.1, 0.15) is 5.01 Å². The van der Waals surface area contributed by atoms with Crippen molar-refractivity contribution in [1.82, 2.24) is 4.98 Å². The maximum atomic E-state index is 6.00. The number of nitrogens with two attached hydrogens (primary N) is 1. The second kappa shape index (κ2) is 4.43. The van der Waals surface area contributed by atoms with Crippen molar-refractivity contribution in [3.05, 3.63) is 46.4 Å². The number of fused-ring (bicyclic) bond motifs is 1.